The third kappa shape index (κ3) is 4.29. The molecular weight excluding hydrogens is 354 g/mol. The van der Waals surface area contributed by atoms with Crippen molar-refractivity contribution in [3.05, 3.63) is 59.2 Å². The Morgan fingerprint density at radius 3 is 2.65 bits per heavy atom. The van der Waals surface area contributed by atoms with Crippen LogP contribution < -0.4 is 4.74 Å². The number of benzene rings is 2. The average Bonchev–Trinajstić information content (AvgIpc) is 2.96. The Kier molecular flexibility index (Phi) is 4.77. The minimum atomic E-state index is -4.87. The molecule has 0 aliphatic heterocycles. The molecule has 0 atom stereocenters. The van der Waals surface area contributed by atoms with E-state index in [4.69, 9.17) is 10.00 Å². The minimum Gasteiger partial charge on any atom is -0.404 e. The van der Waals surface area contributed by atoms with Crippen LogP contribution in [0.2, 0.25) is 0 Å². The van der Waals surface area contributed by atoms with Crippen molar-refractivity contribution in [3.8, 4) is 11.8 Å². The van der Waals surface area contributed by atoms with Gasteiger partial charge in [-0.1, -0.05) is 6.07 Å². The molecule has 0 radical (unpaired) electrons. The number of ether oxygens (including phenoxy) is 2. The fourth-order valence-electron chi connectivity index (χ4n) is 2.34. The molecule has 0 fully saturated rings. The number of aromatic nitrogens is 2. The molecule has 0 saturated heterocycles. The normalized spacial score (nSPS) is 11.5. The zero-order valence-electron chi connectivity index (χ0n) is 13.1. The van der Waals surface area contributed by atoms with Gasteiger partial charge in [-0.05, 0) is 35.9 Å². The third-order valence-corrected chi connectivity index (χ3v) is 3.39. The first kappa shape index (κ1) is 17.7. The van der Waals surface area contributed by atoms with E-state index in [0.29, 0.717) is 22.4 Å². The predicted molar refractivity (Wildman–Crippen MR) is 82.4 cm³/mol. The van der Waals surface area contributed by atoms with E-state index in [1.54, 1.807) is 6.07 Å². The van der Waals surface area contributed by atoms with Gasteiger partial charge < -0.3 is 14.5 Å². The van der Waals surface area contributed by atoms with Crippen molar-refractivity contribution < 1.29 is 27.0 Å². The molecular formula is C17H11F4N3O2. The lowest BCUT2D eigenvalue weighted by atomic mass is 10.1. The van der Waals surface area contributed by atoms with Gasteiger partial charge in [0, 0.05) is 0 Å². The van der Waals surface area contributed by atoms with Gasteiger partial charge in [0.05, 0.1) is 23.2 Å². The lowest BCUT2D eigenvalue weighted by molar-refractivity contribution is -0.274. The lowest BCUT2D eigenvalue weighted by Gasteiger charge is -2.11. The summed E-state index contributed by atoms with van der Waals surface area (Å²) >= 11 is 0. The first-order valence-electron chi connectivity index (χ1n) is 7.35. The maximum absolute atomic E-state index is 13.1. The molecule has 3 rings (SSSR count). The monoisotopic (exact) mass is 365 g/mol. The van der Waals surface area contributed by atoms with Gasteiger partial charge in [-0.25, -0.2) is 9.37 Å². The van der Waals surface area contributed by atoms with Crippen LogP contribution in [0.25, 0.3) is 11.0 Å². The van der Waals surface area contributed by atoms with Crippen LogP contribution in [0.4, 0.5) is 17.6 Å². The van der Waals surface area contributed by atoms with Crippen LogP contribution in [0.15, 0.2) is 36.4 Å². The molecule has 0 aliphatic rings. The first-order chi connectivity index (χ1) is 12.3. The van der Waals surface area contributed by atoms with Crippen molar-refractivity contribution in [2.24, 2.45) is 0 Å². The average molecular weight is 365 g/mol. The SMILES string of the molecule is N#Cc1cc(COCc2nc3ccc(F)cc3[nH]2)ccc1OC(F)(F)F. The molecule has 9 heteroatoms. The summed E-state index contributed by atoms with van der Waals surface area (Å²) in [7, 11) is 0. The topological polar surface area (TPSA) is 70.9 Å². The summed E-state index contributed by atoms with van der Waals surface area (Å²) in [6.07, 6.45) is -4.87. The molecule has 2 aromatic carbocycles. The van der Waals surface area contributed by atoms with Gasteiger partial charge in [0.25, 0.3) is 0 Å². The van der Waals surface area contributed by atoms with E-state index in [0.717, 1.165) is 6.07 Å². The highest BCUT2D eigenvalue weighted by molar-refractivity contribution is 5.74. The van der Waals surface area contributed by atoms with Gasteiger partial charge in [-0.2, -0.15) is 5.26 Å². The van der Waals surface area contributed by atoms with Crippen LogP contribution in [-0.2, 0) is 18.0 Å². The highest BCUT2D eigenvalue weighted by Gasteiger charge is 2.32. The zero-order valence-corrected chi connectivity index (χ0v) is 13.1. The molecule has 1 aromatic heterocycles. The molecule has 0 saturated carbocycles. The van der Waals surface area contributed by atoms with Crippen LogP contribution in [-0.4, -0.2) is 16.3 Å². The fourth-order valence-corrected chi connectivity index (χ4v) is 2.34. The van der Waals surface area contributed by atoms with Gasteiger partial charge in [-0.3, -0.25) is 0 Å². The molecule has 5 nitrogen and oxygen atoms in total. The fraction of sp³-hybridized carbons (Fsp3) is 0.176. The Bertz CT molecular complexity index is 976. The second kappa shape index (κ2) is 7.01. The van der Waals surface area contributed by atoms with Gasteiger partial charge in [-0.15, -0.1) is 13.2 Å². The molecule has 1 N–H and O–H groups in total. The Balaban J connectivity index is 1.64. The van der Waals surface area contributed by atoms with Crippen LogP contribution in [0, 0.1) is 17.1 Å². The summed E-state index contributed by atoms with van der Waals surface area (Å²) in [6.45, 7) is 0.130. The van der Waals surface area contributed by atoms with Crippen LogP contribution >= 0.6 is 0 Å². The van der Waals surface area contributed by atoms with E-state index in [1.807, 2.05) is 0 Å². The van der Waals surface area contributed by atoms with Crippen molar-refractivity contribution in [1.29, 1.82) is 5.26 Å². The Morgan fingerprint density at radius 1 is 1.12 bits per heavy atom. The summed E-state index contributed by atoms with van der Waals surface area (Å²) in [6, 6.07) is 9.48. The summed E-state index contributed by atoms with van der Waals surface area (Å²) in [5, 5.41) is 8.96. The molecule has 134 valence electrons. The molecule has 0 bridgehead atoms. The summed E-state index contributed by atoms with van der Waals surface area (Å²) in [5.74, 6) is -0.481. The molecule has 0 unspecified atom stereocenters. The maximum atomic E-state index is 13.1. The number of nitrogens with one attached hydrogen (secondary N) is 1. The number of aromatic amines is 1. The van der Waals surface area contributed by atoms with Crippen molar-refractivity contribution >= 4 is 11.0 Å². The number of fused-ring (bicyclic) bond motifs is 1. The number of nitriles is 1. The number of imidazole rings is 1. The van der Waals surface area contributed by atoms with Crippen molar-refractivity contribution in [2.45, 2.75) is 19.6 Å². The van der Waals surface area contributed by atoms with E-state index >= 15 is 0 Å². The van der Waals surface area contributed by atoms with E-state index in [2.05, 4.69) is 14.7 Å². The van der Waals surface area contributed by atoms with E-state index in [9.17, 15) is 17.6 Å². The number of hydrogen-bond donors (Lipinski definition) is 1. The minimum absolute atomic E-state index is 0.0480. The van der Waals surface area contributed by atoms with E-state index in [-0.39, 0.29) is 24.6 Å². The summed E-state index contributed by atoms with van der Waals surface area (Å²) in [4.78, 5) is 7.14. The second-order valence-corrected chi connectivity index (χ2v) is 5.33. The molecule has 1 heterocycles. The first-order valence-corrected chi connectivity index (χ1v) is 7.35. The molecule has 3 aromatic rings. The molecule has 0 spiro atoms. The maximum Gasteiger partial charge on any atom is 0.573 e. The zero-order chi connectivity index (χ0) is 18.7. The third-order valence-electron chi connectivity index (χ3n) is 3.39. The second-order valence-electron chi connectivity index (χ2n) is 5.33. The number of H-pyrrole nitrogens is 1. The molecule has 26 heavy (non-hydrogen) atoms. The highest BCUT2D eigenvalue weighted by Crippen LogP contribution is 2.27. The lowest BCUT2D eigenvalue weighted by Crippen LogP contribution is -2.17. The van der Waals surface area contributed by atoms with Crippen molar-refractivity contribution in [2.75, 3.05) is 0 Å². The number of hydrogen-bond acceptors (Lipinski definition) is 4. The van der Waals surface area contributed by atoms with Gasteiger partial charge >= 0.3 is 6.36 Å². The Labute approximate surface area is 144 Å². The largest absolute Gasteiger partial charge is 0.573 e. The molecule has 0 aliphatic carbocycles. The predicted octanol–water partition coefficient (Wildman–Crippen LogP) is 4.19. The smallest absolute Gasteiger partial charge is 0.404 e. The van der Waals surface area contributed by atoms with Crippen molar-refractivity contribution in [1.82, 2.24) is 9.97 Å². The van der Waals surface area contributed by atoms with Gasteiger partial charge in [0.2, 0.25) is 0 Å². The van der Waals surface area contributed by atoms with Crippen LogP contribution in [0.5, 0.6) is 5.75 Å². The van der Waals surface area contributed by atoms with Gasteiger partial charge in [0.15, 0.2) is 0 Å². The van der Waals surface area contributed by atoms with Crippen LogP contribution in [0.3, 0.4) is 0 Å². The van der Waals surface area contributed by atoms with Gasteiger partial charge in [0.1, 0.15) is 30.1 Å². The van der Waals surface area contributed by atoms with Crippen molar-refractivity contribution in [3.63, 3.8) is 0 Å². The quantitative estimate of drug-likeness (QED) is 0.689. The Morgan fingerprint density at radius 2 is 1.92 bits per heavy atom. The number of halogens is 4. The standard InChI is InChI=1S/C17H11F4N3O2/c18-12-2-3-13-14(6-12)24-16(23-13)9-25-8-10-1-4-15(11(5-10)7-22)26-17(19,20)21/h1-6H,8-9H2,(H,23,24). The Hall–Kier alpha value is -3.12. The number of alkyl halides is 3. The van der Waals surface area contributed by atoms with E-state index < -0.39 is 12.1 Å². The molecule has 0 amide bonds. The van der Waals surface area contributed by atoms with Crippen LogP contribution in [0.1, 0.15) is 17.0 Å². The highest BCUT2D eigenvalue weighted by atomic mass is 19.4. The summed E-state index contributed by atoms with van der Waals surface area (Å²) < 4.78 is 59.2. The number of rotatable bonds is 5. The summed E-state index contributed by atoms with van der Waals surface area (Å²) in [5.41, 5.74) is 1.37. The van der Waals surface area contributed by atoms with E-state index in [1.165, 1.54) is 30.3 Å². The number of nitrogens with zero attached hydrogens (tertiary/aromatic N) is 2.